The SMILES string of the molecule is CCC[SiH2][SiH2][SiH2]SCCN. The average molecular weight is 210 g/mol. The molecule has 0 rings (SSSR count). The van der Waals surface area contributed by atoms with Gasteiger partial charge >= 0.3 is 0 Å². The van der Waals surface area contributed by atoms with E-state index in [9.17, 15) is 0 Å². The van der Waals surface area contributed by atoms with Crippen molar-refractivity contribution in [2.45, 2.75) is 19.4 Å². The number of hydrogen-bond donors (Lipinski definition) is 1. The first-order valence-corrected chi connectivity index (χ1v) is 16.1. The molecule has 0 saturated carbocycles. The first kappa shape index (κ1) is 11.0. The van der Waals surface area contributed by atoms with Crippen LogP contribution in [-0.4, -0.2) is 38.1 Å². The minimum absolute atomic E-state index is 0.417. The molecule has 0 bridgehead atoms. The lowest BCUT2D eigenvalue weighted by Crippen LogP contribution is -2.11. The Balaban J connectivity index is 2.65. The summed E-state index contributed by atoms with van der Waals surface area (Å²) in [5.41, 5.74) is 5.40. The molecule has 0 aliphatic rings. The zero-order chi connectivity index (χ0) is 7.66. The second-order valence-electron chi connectivity index (χ2n) is 2.46. The van der Waals surface area contributed by atoms with E-state index < -0.39 is 0 Å². The van der Waals surface area contributed by atoms with Crippen LogP contribution in [0.25, 0.3) is 0 Å². The molecule has 0 atom stereocenters. The molecular weight excluding hydrogens is 190 g/mol. The molecule has 1 nitrogen and oxygen atoms in total. The Morgan fingerprint density at radius 3 is 2.90 bits per heavy atom. The molecule has 2 N–H and O–H groups in total. The van der Waals surface area contributed by atoms with Crippen molar-refractivity contribution in [2.75, 3.05) is 12.3 Å². The predicted molar refractivity (Wildman–Crippen MR) is 62.2 cm³/mol. The van der Waals surface area contributed by atoms with Crippen LogP contribution in [-0.2, 0) is 0 Å². The van der Waals surface area contributed by atoms with Gasteiger partial charge in [-0.1, -0.05) is 19.4 Å². The van der Waals surface area contributed by atoms with E-state index in [-0.39, 0.29) is 0 Å². The molecule has 0 spiro atoms. The highest BCUT2D eigenvalue weighted by Gasteiger charge is 1.90. The summed E-state index contributed by atoms with van der Waals surface area (Å²) < 4.78 is 0. The summed E-state index contributed by atoms with van der Waals surface area (Å²) in [7, 11) is 1.50. The normalized spacial score (nSPS) is 13.8. The Labute approximate surface area is 74.6 Å². The Bertz CT molecular complexity index is 56.9. The fraction of sp³-hybridized carbons (Fsp3) is 1.00. The van der Waals surface area contributed by atoms with Gasteiger partial charge in [-0.25, -0.2) is 0 Å². The van der Waals surface area contributed by atoms with Crippen molar-refractivity contribution >= 4 is 37.0 Å². The van der Waals surface area contributed by atoms with Gasteiger partial charge in [-0.3, -0.25) is 0 Å². The number of rotatable bonds is 7. The monoisotopic (exact) mass is 209 g/mol. The Morgan fingerprint density at radius 2 is 2.30 bits per heavy atom. The molecule has 0 unspecified atom stereocenters. The van der Waals surface area contributed by atoms with Gasteiger partial charge in [0.15, 0.2) is 0 Å². The lowest BCUT2D eigenvalue weighted by atomic mass is 10.6. The molecule has 0 heterocycles. The first-order chi connectivity index (χ1) is 4.91. The zero-order valence-corrected chi connectivity index (χ0v) is 12.0. The Morgan fingerprint density at radius 1 is 1.50 bits per heavy atom. The molecule has 0 fully saturated rings. The molecule has 0 aliphatic heterocycles. The molecule has 10 heavy (non-hydrogen) atoms. The summed E-state index contributed by atoms with van der Waals surface area (Å²) >= 11 is 2.21. The third kappa shape index (κ3) is 8.96. The van der Waals surface area contributed by atoms with Crippen LogP contribution in [0.4, 0.5) is 0 Å². The largest absolute Gasteiger partial charge is 0.330 e. The number of nitrogens with two attached hydrogens (primary N) is 1. The molecule has 0 aromatic heterocycles. The summed E-state index contributed by atoms with van der Waals surface area (Å²) in [5.74, 6) is 1.25. The van der Waals surface area contributed by atoms with Crippen molar-refractivity contribution in [3.05, 3.63) is 0 Å². The van der Waals surface area contributed by atoms with Crippen molar-refractivity contribution in [2.24, 2.45) is 5.73 Å². The van der Waals surface area contributed by atoms with Gasteiger partial charge < -0.3 is 5.73 Å². The smallest absolute Gasteiger partial charge is 0.0685 e. The molecular formula is C5H19NSSi3. The summed E-state index contributed by atoms with van der Waals surface area (Å²) in [4.78, 5) is 0. The maximum atomic E-state index is 5.40. The van der Waals surface area contributed by atoms with Crippen LogP contribution in [0.2, 0.25) is 6.04 Å². The van der Waals surface area contributed by atoms with E-state index in [1.54, 1.807) is 6.04 Å². The summed E-state index contributed by atoms with van der Waals surface area (Å²) in [6.45, 7) is 3.22. The molecule has 5 heteroatoms. The highest BCUT2D eigenvalue weighted by atomic mass is 32.4. The Kier molecular flexibility index (Phi) is 10.9. The second kappa shape index (κ2) is 9.96. The van der Waals surface area contributed by atoms with Crippen LogP contribution in [0.5, 0.6) is 0 Å². The van der Waals surface area contributed by atoms with Crippen LogP contribution in [0.15, 0.2) is 0 Å². The van der Waals surface area contributed by atoms with Gasteiger partial charge in [-0.05, 0) is 5.75 Å². The van der Waals surface area contributed by atoms with Crippen LogP contribution in [0, 0.1) is 0 Å². The lowest BCUT2D eigenvalue weighted by molar-refractivity contribution is 1.08. The van der Waals surface area contributed by atoms with E-state index in [0.717, 1.165) is 6.54 Å². The van der Waals surface area contributed by atoms with Crippen LogP contribution >= 0.6 is 11.2 Å². The highest BCUT2D eigenvalue weighted by molar-refractivity contribution is 8.27. The molecule has 0 aromatic rings. The fourth-order valence-corrected chi connectivity index (χ4v) is 27.1. The molecule has 0 aliphatic carbocycles. The van der Waals surface area contributed by atoms with Gasteiger partial charge in [0.1, 0.15) is 0 Å². The van der Waals surface area contributed by atoms with Crippen molar-refractivity contribution in [3.63, 3.8) is 0 Å². The quantitative estimate of drug-likeness (QED) is 0.419. The predicted octanol–water partition coefficient (Wildman–Crippen LogP) is -1.24. The zero-order valence-electron chi connectivity index (χ0n) is 6.94. The minimum atomic E-state index is 0.417. The van der Waals surface area contributed by atoms with Gasteiger partial charge in [0.25, 0.3) is 0 Å². The highest BCUT2D eigenvalue weighted by Crippen LogP contribution is 1.92. The van der Waals surface area contributed by atoms with E-state index >= 15 is 0 Å². The summed E-state index contributed by atoms with van der Waals surface area (Å²) in [6.07, 6.45) is 1.45. The molecule has 0 amide bonds. The van der Waals surface area contributed by atoms with E-state index in [4.69, 9.17) is 5.73 Å². The lowest BCUT2D eigenvalue weighted by Gasteiger charge is -1.95. The molecule has 0 radical (unpaired) electrons. The van der Waals surface area contributed by atoms with E-state index in [1.165, 1.54) is 12.2 Å². The summed E-state index contributed by atoms with van der Waals surface area (Å²) in [5, 5.41) is 0. The van der Waals surface area contributed by atoms with Gasteiger partial charge in [0.05, 0.1) is 8.19 Å². The summed E-state index contributed by atoms with van der Waals surface area (Å²) in [6, 6.07) is 1.63. The number of hydrogen-bond acceptors (Lipinski definition) is 2. The van der Waals surface area contributed by atoms with Crippen LogP contribution < -0.4 is 5.73 Å². The van der Waals surface area contributed by atoms with Crippen LogP contribution in [0.3, 0.4) is 0 Å². The van der Waals surface area contributed by atoms with Crippen molar-refractivity contribution in [1.82, 2.24) is 0 Å². The van der Waals surface area contributed by atoms with Crippen molar-refractivity contribution < 1.29 is 0 Å². The van der Waals surface area contributed by atoms with Crippen molar-refractivity contribution in [1.29, 1.82) is 0 Å². The van der Waals surface area contributed by atoms with E-state index in [2.05, 4.69) is 18.1 Å². The van der Waals surface area contributed by atoms with Crippen molar-refractivity contribution in [3.8, 4) is 0 Å². The molecule has 0 saturated heterocycles. The minimum Gasteiger partial charge on any atom is -0.330 e. The van der Waals surface area contributed by atoms with E-state index in [0.29, 0.717) is 25.8 Å². The van der Waals surface area contributed by atoms with Crippen LogP contribution in [0.1, 0.15) is 13.3 Å². The van der Waals surface area contributed by atoms with E-state index in [1.807, 2.05) is 0 Å². The maximum Gasteiger partial charge on any atom is 0.0685 e. The second-order valence-corrected chi connectivity index (χ2v) is 22.5. The van der Waals surface area contributed by atoms with Gasteiger partial charge in [-0.15, -0.1) is 0 Å². The molecule has 62 valence electrons. The third-order valence-corrected chi connectivity index (χ3v) is 27.3. The Hall–Kier alpha value is 0.961. The maximum absolute atomic E-state index is 5.40. The average Bonchev–Trinajstić information content (AvgIpc) is 1.97. The van der Waals surface area contributed by atoms with Gasteiger partial charge in [-0.2, -0.15) is 11.2 Å². The first-order valence-electron chi connectivity index (χ1n) is 4.19. The third-order valence-electron chi connectivity index (χ3n) is 1.40. The topological polar surface area (TPSA) is 26.0 Å². The standard InChI is InChI=1S/C5H19NSSi3/c1-2-5-8-10-9-7-4-3-6/h2-6,8-10H2,1H3. The van der Waals surface area contributed by atoms with Gasteiger partial charge in [0, 0.05) is 24.1 Å². The fourth-order valence-electron chi connectivity index (χ4n) is 0.816. The van der Waals surface area contributed by atoms with Gasteiger partial charge in [0.2, 0.25) is 0 Å². The molecule has 0 aromatic carbocycles.